The molecule has 4 heteroatoms. The van der Waals surface area contributed by atoms with Crippen molar-refractivity contribution in [3.8, 4) is 0 Å². The molecule has 0 radical (unpaired) electrons. The van der Waals surface area contributed by atoms with Crippen LogP contribution in [0.25, 0.3) is 0 Å². The van der Waals surface area contributed by atoms with E-state index in [0.29, 0.717) is 0 Å². The van der Waals surface area contributed by atoms with Gasteiger partial charge in [0.15, 0.2) is 14.7 Å². The number of amides is 1. The van der Waals surface area contributed by atoms with Crippen molar-refractivity contribution in [2.75, 3.05) is 6.73 Å². The lowest BCUT2D eigenvalue weighted by Gasteiger charge is -2.07. The molecule has 0 unspecified atom stereocenters. The molecule has 0 bridgehead atoms. The summed E-state index contributed by atoms with van der Waals surface area (Å²) in [5, 5.41) is 10.1. The van der Waals surface area contributed by atoms with E-state index in [2.05, 4.69) is 103 Å². The molecule has 0 heterocycles. The van der Waals surface area contributed by atoms with Crippen LogP contribution < -0.4 is 5.32 Å². The molecule has 3 aromatic carbocycles. The topological polar surface area (TPSA) is 49.3 Å². The predicted octanol–water partition coefficient (Wildman–Crippen LogP) is 4.02. The Kier molecular flexibility index (Phi) is 8.19. The second kappa shape index (κ2) is 10.9. The Morgan fingerprint density at radius 2 is 1.15 bits per heavy atom. The number of carbonyl (C=O) groups is 1. The molecule has 26 heavy (non-hydrogen) atoms. The normalized spacial score (nSPS) is 9.77. The Hall–Kier alpha value is -2.82. The number of carbonyl (C=O) groups excluding carboxylic acids is 1. The molecule has 1 amide bonds. The van der Waals surface area contributed by atoms with Gasteiger partial charge in [0.05, 0.1) is 10.9 Å². The average molecular weight is 364 g/mol. The van der Waals surface area contributed by atoms with E-state index in [4.69, 9.17) is 5.11 Å². The van der Waals surface area contributed by atoms with Crippen molar-refractivity contribution in [3.63, 3.8) is 0 Å². The Balaban J connectivity index is 0.000000298. The number of nitrogens with one attached hydrogen (secondary N) is 1. The van der Waals surface area contributed by atoms with E-state index >= 15 is 0 Å². The smallest absolute Gasteiger partial charge is 0.245 e. The molecule has 3 nitrogen and oxygen atoms in total. The Labute approximate surface area is 157 Å². The molecule has 0 atom stereocenters. The van der Waals surface area contributed by atoms with Gasteiger partial charge >= 0.3 is 0 Å². The fourth-order valence-electron chi connectivity index (χ4n) is 2.23. The van der Waals surface area contributed by atoms with Gasteiger partial charge < -0.3 is 10.4 Å². The third-order valence-corrected chi connectivity index (χ3v) is 5.61. The monoisotopic (exact) mass is 364 g/mol. The summed E-state index contributed by atoms with van der Waals surface area (Å²) in [7, 11) is -0.0146. The molecule has 0 fully saturated rings. The highest BCUT2D eigenvalue weighted by molar-refractivity contribution is 7.97. The highest BCUT2D eigenvalue weighted by Crippen LogP contribution is 2.30. The summed E-state index contributed by atoms with van der Waals surface area (Å²) in [6.45, 7) is 2.83. The van der Waals surface area contributed by atoms with Crippen LogP contribution in [0.4, 0.5) is 0 Å². The van der Waals surface area contributed by atoms with Gasteiger partial charge in [0.2, 0.25) is 5.91 Å². The van der Waals surface area contributed by atoms with E-state index in [-0.39, 0.29) is 23.5 Å². The van der Waals surface area contributed by atoms with Crippen LogP contribution in [0.5, 0.6) is 0 Å². The highest BCUT2D eigenvalue weighted by atomic mass is 32.2. The highest BCUT2D eigenvalue weighted by Gasteiger charge is 2.27. The van der Waals surface area contributed by atoms with Crippen LogP contribution in [-0.4, -0.2) is 17.7 Å². The molecule has 3 aromatic rings. The van der Waals surface area contributed by atoms with Gasteiger partial charge in [-0.15, -0.1) is 0 Å². The molecular weight excluding hydrogens is 342 g/mol. The summed E-state index contributed by atoms with van der Waals surface area (Å²) in [4.78, 5) is 14.1. The third-order valence-electron chi connectivity index (χ3n) is 3.38. The van der Waals surface area contributed by atoms with Gasteiger partial charge in [-0.2, -0.15) is 0 Å². The maximum absolute atomic E-state index is 10.0. The van der Waals surface area contributed by atoms with Crippen molar-refractivity contribution < 1.29 is 9.90 Å². The summed E-state index contributed by atoms with van der Waals surface area (Å²) in [5.74, 6) is -0.359. The predicted molar refractivity (Wildman–Crippen MR) is 107 cm³/mol. The molecule has 0 aliphatic rings. The molecule has 3 rings (SSSR count). The maximum atomic E-state index is 10.0. The van der Waals surface area contributed by atoms with E-state index in [1.807, 2.05) is 0 Å². The van der Waals surface area contributed by atoms with Crippen LogP contribution >= 0.6 is 0 Å². The first-order chi connectivity index (χ1) is 12.8. The first kappa shape index (κ1) is 19.5. The van der Waals surface area contributed by atoms with E-state index < -0.39 is 0 Å². The lowest BCUT2D eigenvalue weighted by molar-refractivity contribution is -0.117. The molecule has 0 aromatic heterocycles. The molecule has 0 saturated heterocycles. The first-order valence-electron chi connectivity index (χ1n) is 8.17. The van der Waals surface area contributed by atoms with Gasteiger partial charge in [0, 0.05) is 0 Å². The summed E-state index contributed by atoms with van der Waals surface area (Å²) in [6, 6.07) is 32.2. The van der Waals surface area contributed by atoms with Gasteiger partial charge in [-0.1, -0.05) is 61.2 Å². The van der Waals surface area contributed by atoms with Crippen molar-refractivity contribution >= 4 is 16.8 Å². The minimum atomic E-state index is -0.359. The van der Waals surface area contributed by atoms with E-state index in [1.165, 1.54) is 14.7 Å². The van der Waals surface area contributed by atoms with E-state index in [9.17, 15) is 4.79 Å². The summed E-state index contributed by atoms with van der Waals surface area (Å²) in [5.41, 5.74) is 0. The van der Waals surface area contributed by atoms with Crippen molar-refractivity contribution in [2.24, 2.45) is 0 Å². The second-order valence-electron chi connectivity index (χ2n) is 5.15. The molecule has 0 saturated carbocycles. The number of benzene rings is 3. The van der Waals surface area contributed by atoms with E-state index in [1.54, 1.807) is 0 Å². The second-order valence-corrected chi connectivity index (χ2v) is 7.18. The maximum Gasteiger partial charge on any atom is 0.245 e. The fourth-order valence-corrected chi connectivity index (χ4v) is 4.33. The largest absolute Gasteiger partial charge is 0.376 e. The standard InChI is InChI=1S/C18H15S.C4H7NO2/c1-4-10-16(11-5-1)19(17-12-6-2-7-13-17)18-14-8-3-9-15-18;1-2-4(7)5-3-6/h1-15H;2,6H,1,3H2,(H,5,7)/q+1;. The van der Waals surface area contributed by atoms with Crippen molar-refractivity contribution in [3.05, 3.63) is 104 Å². The lowest BCUT2D eigenvalue weighted by atomic mass is 10.4. The van der Waals surface area contributed by atoms with Gasteiger partial charge in [-0.05, 0) is 42.5 Å². The molecule has 0 aliphatic carbocycles. The number of hydrogen-bond acceptors (Lipinski definition) is 2. The van der Waals surface area contributed by atoms with Crippen LogP contribution in [0.2, 0.25) is 0 Å². The van der Waals surface area contributed by atoms with Crippen molar-refractivity contribution in [1.82, 2.24) is 5.32 Å². The number of aliphatic hydroxyl groups excluding tert-OH is 1. The van der Waals surface area contributed by atoms with Crippen LogP contribution in [0.15, 0.2) is 118 Å². The minimum absolute atomic E-state index is 0.0146. The zero-order valence-corrected chi connectivity index (χ0v) is 15.2. The number of rotatable bonds is 5. The lowest BCUT2D eigenvalue weighted by Crippen LogP contribution is -2.20. The average Bonchev–Trinajstić information content (AvgIpc) is 2.71. The van der Waals surface area contributed by atoms with Gasteiger partial charge in [-0.3, -0.25) is 4.79 Å². The summed E-state index contributed by atoms with van der Waals surface area (Å²) < 4.78 is 0. The first-order valence-corrected chi connectivity index (χ1v) is 9.39. The van der Waals surface area contributed by atoms with Crippen LogP contribution in [0.3, 0.4) is 0 Å². The van der Waals surface area contributed by atoms with Crippen LogP contribution in [0, 0.1) is 0 Å². The van der Waals surface area contributed by atoms with Gasteiger partial charge in [0.1, 0.15) is 6.73 Å². The Morgan fingerprint density at radius 3 is 1.38 bits per heavy atom. The Morgan fingerprint density at radius 1 is 0.808 bits per heavy atom. The molecule has 2 N–H and O–H groups in total. The van der Waals surface area contributed by atoms with Crippen LogP contribution in [0.1, 0.15) is 0 Å². The quantitative estimate of drug-likeness (QED) is 0.408. The van der Waals surface area contributed by atoms with E-state index in [0.717, 1.165) is 6.08 Å². The third kappa shape index (κ3) is 5.92. The molecular formula is C22H22NO2S+. The molecule has 132 valence electrons. The zero-order chi connectivity index (χ0) is 18.6. The number of aliphatic hydroxyl groups is 1. The zero-order valence-electron chi connectivity index (χ0n) is 14.4. The van der Waals surface area contributed by atoms with Gasteiger partial charge in [-0.25, -0.2) is 0 Å². The fraction of sp³-hybridized carbons (Fsp3) is 0.0455. The van der Waals surface area contributed by atoms with Gasteiger partial charge in [0.25, 0.3) is 0 Å². The number of hydrogen-bond donors (Lipinski definition) is 2. The summed E-state index contributed by atoms with van der Waals surface area (Å²) in [6.07, 6.45) is 1.09. The summed E-state index contributed by atoms with van der Waals surface area (Å²) >= 11 is 0. The molecule has 0 aliphatic heterocycles. The molecule has 0 spiro atoms. The van der Waals surface area contributed by atoms with Crippen molar-refractivity contribution in [2.45, 2.75) is 14.7 Å². The SMILES string of the molecule is C=CC(=O)NCO.c1ccc([S+](c2ccccc2)c2ccccc2)cc1. The van der Waals surface area contributed by atoms with Crippen LogP contribution in [-0.2, 0) is 15.7 Å². The Bertz CT molecular complexity index is 698. The van der Waals surface area contributed by atoms with Crippen molar-refractivity contribution in [1.29, 1.82) is 0 Å². The minimum Gasteiger partial charge on any atom is -0.376 e.